The van der Waals surface area contributed by atoms with Crippen LogP contribution in [-0.4, -0.2) is 46.8 Å². The molecule has 162 valence electrons. The van der Waals surface area contributed by atoms with Crippen molar-refractivity contribution in [2.45, 2.75) is 70.6 Å². The minimum absolute atomic E-state index is 0.0446. The lowest BCUT2D eigenvalue weighted by atomic mass is 9.98. The van der Waals surface area contributed by atoms with Crippen LogP contribution in [-0.2, 0) is 20.8 Å². The zero-order chi connectivity index (χ0) is 21.1. The van der Waals surface area contributed by atoms with E-state index in [4.69, 9.17) is 9.47 Å². The van der Waals surface area contributed by atoms with Gasteiger partial charge in [-0.3, -0.25) is 14.2 Å². The first-order valence-electron chi connectivity index (χ1n) is 10.6. The van der Waals surface area contributed by atoms with Crippen molar-refractivity contribution in [1.29, 1.82) is 0 Å². The van der Waals surface area contributed by atoms with Crippen LogP contribution in [0.5, 0.6) is 0 Å². The molecular formula is C21H27N3O5S. The fourth-order valence-electron chi connectivity index (χ4n) is 4.10. The molecule has 2 aromatic rings. The van der Waals surface area contributed by atoms with Crippen LogP contribution in [0.1, 0.15) is 60.2 Å². The number of fused-ring (bicyclic) bond motifs is 1. The molecule has 1 saturated heterocycles. The Labute approximate surface area is 178 Å². The van der Waals surface area contributed by atoms with Crippen LogP contribution in [0.3, 0.4) is 0 Å². The molecule has 1 N–H and O–H groups in total. The molecule has 0 spiro atoms. The van der Waals surface area contributed by atoms with Crippen LogP contribution in [0.2, 0.25) is 0 Å². The predicted molar refractivity (Wildman–Crippen MR) is 113 cm³/mol. The highest BCUT2D eigenvalue weighted by atomic mass is 32.1. The summed E-state index contributed by atoms with van der Waals surface area (Å²) in [5.41, 5.74) is 0.250. The van der Waals surface area contributed by atoms with E-state index in [0.717, 1.165) is 45.1 Å². The number of carbonyl (C=O) groups is 2. The van der Waals surface area contributed by atoms with Gasteiger partial charge < -0.3 is 14.8 Å². The van der Waals surface area contributed by atoms with E-state index in [2.05, 4.69) is 10.3 Å². The molecule has 1 atom stereocenters. The summed E-state index contributed by atoms with van der Waals surface area (Å²) in [4.78, 5) is 43.1. The second-order valence-electron chi connectivity index (χ2n) is 8.02. The van der Waals surface area contributed by atoms with E-state index < -0.39 is 0 Å². The molecule has 1 aliphatic heterocycles. The fourth-order valence-corrected chi connectivity index (χ4v) is 5.12. The zero-order valence-corrected chi connectivity index (χ0v) is 18.0. The third-order valence-electron chi connectivity index (χ3n) is 5.79. The van der Waals surface area contributed by atoms with E-state index in [1.807, 2.05) is 0 Å². The number of aryl methyl sites for hydroxylation is 1. The minimum Gasteiger partial charge on any atom is -0.458 e. The lowest BCUT2D eigenvalue weighted by molar-refractivity contribution is -0.122. The molecule has 1 saturated carbocycles. The molecule has 0 aromatic carbocycles. The normalized spacial score (nSPS) is 19.8. The van der Waals surface area contributed by atoms with E-state index in [9.17, 15) is 14.4 Å². The maximum absolute atomic E-state index is 12.9. The third-order valence-corrected chi connectivity index (χ3v) is 6.97. The van der Waals surface area contributed by atoms with Crippen molar-refractivity contribution in [3.63, 3.8) is 0 Å². The number of thiophene rings is 1. The quantitative estimate of drug-likeness (QED) is 0.703. The monoisotopic (exact) mass is 433 g/mol. The molecule has 3 heterocycles. The molecule has 0 bridgehead atoms. The first kappa shape index (κ1) is 21.0. The number of carbonyl (C=O) groups excluding carboxylic acids is 2. The van der Waals surface area contributed by atoms with E-state index >= 15 is 0 Å². The molecular weight excluding hydrogens is 406 g/mol. The highest BCUT2D eigenvalue weighted by molar-refractivity contribution is 7.20. The van der Waals surface area contributed by atoms with Gasteiger partial charge >= 0.3 is 5.97 Å². The molecule has 2 fully saturated rings. The standard InChI is InChI=1S/C21H27N3O5S/c1-13-17-19(30-18(13)21(27)29-14-6-3-2-4-7-14)23-12-24(20(17)26)11-16(25)22-10-15-8-5-9-28-15/h12,14-15H,2-11H2,1H3,(H,22,25). The minimum atomic E-state index is -0.386. The SMILES string of the molecule is Cc1c(C(=O)OC2CCCCC2)sc2ncn(CC(=O)NCC3CCCO3)c(=O)c12. The van der Waals surface area contributed by atoms with Gasteiger partial charge in [-0.05, 0) is 51.0 Å². The summed E-state index contributed by atoms with van der Waals surface area (Å²) in [6, 6.07) is 0. The Hall–Kier alpha value is -2.26. The first-order chi connectivity index (χ1) is 14.5. The number of aromatic nitrogens is 2. The molecule has 1 unspecified atom stereocenters. The zero-order valence-electron chi connectivity index (χ0n) is 17.1. The Morgan fingerprint density at radius 3 is 2.80 bits per heavy atom. The number of hydrogen-bond acceptors (Lipinski definition) is 7. The highest BCUT2D eigenvalue weighted by Gasteiger charge is 2.24. The van der Waals surface area contributed by atoms with Crippen molar-refractivity contribution in [3.05, 3.63) is 27.1 Å². The van der Waals surface area contributed by atoms with Crippen LogP contribution in [0.25, 0.3) is 10.2 Å². The van der Waals surface area contributed by atoms with Gasteiger partial charge in [0.05, 0.1) is 17.8 Å². The first-order valence-corrected chi connectivity index (χ1v) is 11.4. The van der Waals surface area contributed by atoms with Crippen molar-refractivity contribution in [2.75, 3.05) is 13.2 Å². The van der Waals surface area contributed by atoms with E-state index in [0.29, 0.717) is 27.2 Å². The summed E-state index contributed by atoms with van der Waals surface area (Å²) in [5, 5.41) is 3.19. The van der Waals surface area contributed by atoms with Gasteiger partial charge in [0.25, 0.3) is 5.56 Å². The summed E-state index contributed by atoms with van der Waals surface area (Å²) < 4.78 is 12.4. The fraction of sp³-hybridized carbons (Fsp3) is 0.619. The van der Waals surface area contributed by atoms with Crippen LogP contribution in [0.4, 0.5) is 0 Å². The smallest absolute Gasteiger partial charge is 0.348 e. The Bertz CT molecular complexity index is 986. The van der Waals surface area contributed by atoms with Crippen molar-refractivity contribution >= 4 is 33.4 Å². The molecule has 9 heteroatoms. The second-order valence-corrected chi connectivity index (χ2v) is 9.02. The molecule has 1 aliphatic carbocycles. The van der Waals surface area contributed by atoms with Crippen LogP contribution >= 0.6 is 11.3 Å². The highest BCUT2D eigenvalue weighted by Crippen LogP contribution is 2.29. The van der Waals surface area contributed by atoms with Gasteiger partial charge in [-0.1, -0.05) is 6.42 Å². The van der Waals surface area contributed by atoms with Gasteiger partial charge in [0.1, 0.15) is 22.4 Å². The van der Waals surface area contributed by atoms with Gasteiger partial charge in [-0.2, -0.15) is 0 Å². The average molecular weight is 434 g/mol. The summed E-state index contributed by atoms with van der Waals surface area (Å²) >= 11 is 1.17. The second kappa shape index (κ2) is 9.26. The van der Waals surface area contributed by atoms with Gasteiger partial charge in [0.2, 0.25) is 5.91 Å². The van der Waals surface area contributed by atoms with E-state index in [1.54, 1.807) is 6.92 Å². The lowest BCUT2D eigenvalue weighted by Gasteiger charge is -2.21. The van der Waals surface area contributed by atoms with Gasteiger partial charge in [-0.15, -0.1) is 11.3 Å². The van der Waals surface area contributed by atoms with Gasteiger partial charge in [0, 0.05) is 13.2 Å². The maximum Gasteiger partial charge on any atom is 0.348 e. The largest absolute Gasteiger partial charge is 0.458 e. The third kappa shape index (κ3) is 4.57. The Morgan fingerprint density at radius 2 is 2.07 bits per heavy atom. The van der Waals surface area contributed by atoms with Crippen LogP contribution in [0, 0.1) is 6.92 Å². The van der Waals surface area contributed by atoms with Crippen LogP contribution < -0.4 is 10.9 Å². The molecule has 2 aromatic heterocycles. The van der Waals surface area contributed by atoms with E-state index in [1.165, 1.54) is 28.7 Å². The average Bonchev–Trinajstić information content (AvgIpc) is 3.37. The van der Waals surface area contributed by atoms with Crippen molar-refractivity contribution in [2.24, 2.45) is 0 Å². The number of ether oxygens (including phenoxy) is 2. The number of amides is 1. The molecule has 0 radical (unpaired) electrons. The van der Waals surface area contributed by atoms with E-state index in [-0.39, 0.29) is 36.2 Å². The number of rotatable bonds is 6. The van der Waals surface area contributed by atoms with Crippen LogP contribution in [0.15, 0.2) is 11.1 Å². The topological polar surface area (TPSA) is 99.5 Å². The summed E-state index contributed by atoms with van der Waals surface area (Å²) in [7, 11) is 0. The Kier molecular flexibility index (Phi) is 6.48. The molecule has 4 rings (SSSR count). The summed E-state index contributed by atoms with van der Waals surface area (Å²) in [6.45, 7) is 2.79. The predicted octanol–water partition coefficient (Wildman–Crippen LogP) is 2.55. The van der Waals surface area contributed by atoms with Gasteiger partial charge in [-0.25, -0.2) is 9.78 Å². The molecule has 30 heavy (non-hydrogen) atoms. The Balaban J connectivity index is 1.47. The number of hydrogen-bond donors (Lipinski definition) is 1. The maximum atomic E-state index is 12.9. The number of nitrogens with zero attached hydrogens (tertiary/aromatic N) is 2. The molecule has 2 aliphatic rings. The van der Waals surface area contributed by atoms with Gasteiger partial charge in [0.15, 0.2) is 0 Å². The van der Waals surface area contributed by atoms with Crippen molar-refractivity contribution < 1.29 is 19.1 Å². The van der Waals surface area contributed by atoms with Crippen molar-refractivity contribution in [3.8, 4) is 0 Å². The number of nitrogens with one attached hydrogen (secondary N) is 1. The summed E-state index contributed by atoms with van der Waals surface area (Å²) in [5.74, 6) is -0.652. The Morgan fingerprint density at radius 1 is 1.27 bits per heavy atom. The van der Waals surface area contributed by atoms with Crippen molar-refractivity contribution in [1.82, 2.24) is 14.9 Å². The summed E-state index contributed by atoms with van der Waals surface area (Å²) in [6.07, 6.45) is 8.41. The lowest BCUT2D eigenvalue weighted by Crippen LogP contribution is -2.36. The molecule has 8 nitrogen and oxygen atoms in total. The molecule has 1 amide bonds. The number of esters is 1.